The lowest BCUT2D eigenvalue weighted by Gasteiger charge is -2.03. The lowest BCUT2D eigenvalue weighted by molar-refractivity contribution is 0.102. The van der Waals surface area contributed by atoms with E-state index in [4.69, 9.17) is 23.2 Å². The van der Waals surface area contributed by atoms with Crippen LogP contribution in [0.5, 0.6) is 0 Å². The number of nitrogens with one attached hydrogen (secondary N) is 1. The third-order valence-electron chi connectivity index (χ3n) is 3.06. The first-order chi connectivity index (χ1) is 11.1. The van der Waals surface area contributed by atoms with Crippen molar-refractivity contribution >= 4 is 45.6 Å². The van der Waals surface area contributed by atoms with Crippen molar-refractivity contribution in [2.45, 2.75) is 6.42 Å². The minimum atomic E-state index is -0.339. The van der Waals surface area contributed by atoms with E-state index in [-0.39, 0.29) is 5.91 Å². The van der Waals surface area contributed by atoms with Crippen LogP contribution in [0.4, 0.5) is 5.13 Å². The van der Waals surface area contributed by atoms with Crippen LogP contribution in [0.2, 0.25) is 10.0 Å². The first kappa shape index (κ1) is 15.9. The molecule has 0 radical (unpaired) electrons. The molecule has 0 unspecified atom stereocenters. The van der Waals surface area contributed by atoms with Gasteiger partial charge in [0, 0.05) is 11.4 Å². The van der Waals surface area contributed by atoms with E-state index in [0.717, 1.165) is 10.6 Å². The van der Waals surface area contributed by atoms with Crippen LogP contribution < -0.4 is 5.32 Å². The average molecular weight is 364 g/mol. The van der Waals surface area contributed by atoms with Gasteiger partial charge in [-0.25, -0.2) is 0 Å². The van der Waals surface area contributed by atoms with Gasteiger partial charge < -0.3 is 0 Å². The van der Waals surface area contributed by atoms with Crippen LogP contribution in [0.3, 0.4) is 0 Å². The van der Waals surface area contributed by atoms with Crippen LogP contribution in [-0.2, 0) is 6.42 Å². The molecule has 1 amide bonds. The summed E-state index contributed by atoms with van der Waals surface area (Å²) in [5, 5.41) is 12.8. The molecule has 4 nitrogen and oxygen atoms in total. The van der Waals surface area contributed by atoms with Crippen LogP contribution >= 0.6 is 34.5 Å². The summed E-state index contributed by atoms with van der Waals surface area (Å²) in [5.74, 6) is -0.339. The lowest BCUT2D eigenvalue weighted by Crippen LogP contribution is -2.12. The maximum absolute atomic E-state index is 12.2. The van der Waals surface area contributed by atoms with E-state index in [2.05, 4.69) is 15.5 Å². The highest BCUT2D eigenvalue weighted by atomic mass is 35.5. The maximum atomic E-state index is 12.2. The number of anilines is 1. The van der Waals surface area contributed by atoms with Crippen LogP contribution in [0.1, 0.15) is 20.9 Å². The largest absolute Gasteiger partial charge is 0.296 e. The van der Waals surface area contributed by atoms with Gasteiger partial charge in [0.1, 0.15) is 5.01 Å². The fourth-order valence-corrected chi connectivity index (χ4v) is 3.25. The van der Waals surface area contributed by atoms with Gasteiger partial charge in [-0.15, -0.1) is 10.2 Å². The van der Waals surface area contributed by atoms with Gasteiger partial charge in [-0.1, -0.05) is 64.9 Å². The molecule has 7 heteroatoms. The molecule has 0 bridgehead atoms. The number of carbonyl (C=O) groups excluding carboxylic acids is 1. The number of hydrogen-bond donors (Lipinski definition) is 1. The molecule has 0 fully saturated rings. The molecule has 2 aromatic carbocycles. The molecule has 1 N–H and O–H groups in total. The number of aromatic nitrogens is 2. The normalized spacial score (nSPS) is 10.5. The highest BCUT2D eigenvalue weighted by Crippen LogP contribution is 2.23. The van der Waals surface area contributed by atoms with Gasteiger partial charge in [0.25, 0.3) is 5.91 Å². The van der Waals surface area contributed by atoms with Crippen molar-refractivity contribution in [2.75, 3.05) is 5.32 Å². The standard InChI is InChI=1S/C16H11Cl2N3OS/c17-11-6-7-12(13(18)9-11)15(22)19-16-21-20-14(23-16)8-10-4-2-1-3-5-10/h1-7,9H,8H2,(H,19,21,22). The van der Waals surface area contributed by atoms with Crippen molar-refractivity contribution in [3.8, 4) is 0 Å². The second-order valence-electron chi connectivity index (χ2n) is 4.74. The minimum Gasteiger partial charge on any atom is -0.296 e. The van der Waals surface area contributed by atoms with E-state index in [1.165, 1.54) is 17.4 Å². The number of nitrogens with zero attached hydrogens (tertiary/aromatic N) is 2. The summed E-state index contributed by atoms with van der Waals surface area (Å²) in [6.45, 7) is 0. The van der Waals surface area contributed by atoms with Gasteiger partial charge in [0.05, 0.1) is 10.6 Å². The van der Waals surface area contributed by atoms with E-state index in [1.807, 2.05) is 30.3 Å². The molecule has 0 saturated heterocycles. The lowest BCUT2D eigenvalue weighted by atomic mass is 10.2. The predicted octanol–water partition coefficient (Wildman–Crippen LogP) is 4.69. The van der Waals surface area contributed by atoms with Gasteiger partial charge in [-0.05, 0) is 23.8 Å². The monoisotopic (exact) mass is 363 g/mol. The Balaban J connectivity index is 1.70. The Morgan fingerprint density at radius 2 is 1.87 bits per heavy atom. The maximum Gasteiger partial charge on any atom is 0.259 e. The highest BCUT2D eigenvalue weighted by Gasteiger charge is 2.13. The quantitative estimate of drug-likeness (QED) is 0.731. The van der Waals surface area contributed by atoms with E-state index < -0.39 is 0 Å². The molecule has 116 valence electrons. The summed E-state index contributed by atoms with van der Waals surface area (Å²) in [6.07, 6.45) is 0.677. The summed E-state index contributed by atoms with van der Waals surface area (Å²) >= 11 is 13.2. The molecular formula is C16H11Cl2N3OS. The minimum absolute atomic E-state index is 0.295. The Morgan fingerprint density at radius 3 is 2.61 bits per heavy atom. The van der Waals surface area contributed by atoms with E-state index in [9.17, 15) is 4.79 Å². The zero-order valence-corrected chi connectivity index (χ0v) is 14.1. The third-order valence-corrected chi connectivity index (χ3v) is 4.45. The smallest absolute Gasteiger partial charge is 0.259 e. The number of halogens is 2. The molecule has 0 aliphatic heterocycles. The fraction of sp³-hybridized carbons (Fsp3) is 0.0625. The van der Waals surface area contributed by atoms with Crippen LogP contribution in [0.25, 0.3) is 0 Å². The summed E-state index contributed by atoms with van der Waals surface area (Å²) in [5.41, 5.74) is 1.48. The molecule has 3 aromatic rings. The third kappa shape index (κ3) is 4.07. The zero-order chi connectivity index (χ0) is 16.2. The number of hydrogen-bond acceptors (Lipinski definition) is 4. The van der Waals surface area contributed by atoms with Crippen molar-refractivity contribution in [2.24, 2.45) is 0 Å². The molecule has 1 aromatic heterocycles. The second-order valence-corrected chi connectivity index (χ2v) is 6.65. The van der Waals surface area contributed by atoms with Gasteiger partial charge >= 0.3 is 0 Å². The number of rotatable bonds is 4. The molecule has 23 heavy (non-hydrogen) atoms. The summed E-state index contributed by atoms with van der Waals surface area (Å²) in [4.78, 5) is 12.2. The van der Waals surface area contributed by atoms with Gasteiger partial charge in [0.15, 0.2) is 0 Å². The SMILES string of the molecule is O=C(Nc1nnc(Cc2ccccc2)s1)c1ccc(Cl)cc1Cl. The van der Waals surface area contributed by atoms with Crippen LogP contribution in [0, 0.1) is 0 Å². The summed E-state index contributed by atoms with van der Waals surface area (Å²) in [6, 6.07) is 14.7. The highest BCUT2D eigenvalue weighted by molar-refractivity contribution is 7.15. The van der Waals surface area contributed by atoms with E-state index >= 15 is 0 Å². The van der Waals surface area contributed by atoms with E-state index in [1.54, 1.807) is 12.1 Å². The Hall–Kier alpha value is -1.95. The number of carbonyl (C=O) groups is 1. The second kappa shape index (κ2) is 7.08. The Bertz CT molecular complexity index is 836. The van der Waals surface area contributed by atoms with Crippen LogP contribution in [-0.4, -0.2) is 16.1 Å². The van der Waals surface area contributed by atoms with Crippen molar-refractivity contribution < 1.29 is 4.79 Å². The average Bonchev–Trinajstić information content (AvgIpc) is 2.95. The first-order valence-electron chi connectivity index (χ1n) is 6.74. The van der Waals surface area contributed by atoms with Crippen molar-refractivity contribution in [1.82, 2.24) is 10.2 Å². The Labute approximate surface area is 147 Å². The first-order valence-corrected chi connectivity index (χ1v) is 8.32. The van der Waals surface area contributed by atoms with Gasteiger partial charge in [-0.2, -0.15) is 0 Å². The molecule has 0 atom stereocenters. The Kier molecular flexibility index (Phi) is 4.91. The van der Waals surface area contributed by atoms with Crippen molar-refractivity contribution in [1.29, 1.82) is 0 Å². The summed E-state index contributed by atoms with van der Waals surface area (Å²) in [7, 11) is 0. The Morgan fingerprint density at radius 1 is 1.09 bits per heavy atom. The van der Waals surface area contributed by atoms with Crippen molar-refractivity contribution in [3.05, 3.63) is 74.7 Å². The molecule has 1 heterocycles. The molecule has 0 aliphatic rings. The molecule has 0 aliphatic carbocycles. The fourth-order valence-electron chi connectivity index (χ4n) is 1.98. The number of amides is 1. The van der Waals surface area contributed by atoms with Crippen LogP contribution in [0.15, 0.2) is 48.5 Å². The summed E-state index contributed by atoms with van der Waals surface area (Å²) < 4.78 is 0. The topological polar surface area (TPSA) is 54.9 Å². The zero-order valence-electron chi connectivity index (χ0n) is 11.8. The van der Waals surface area contributed by atoms with Gasteiger partial charge in [-0.3, -0.25) is 10.1 Å². The molecular weight excluding hydrogens is 353 g/mol. The predicted molar refractivity (Wildman–Crippen MR) is 93.6 cm³/mol. The molecule has 0 saturated carbocycles. The van der Waals surface area contributed by atoms with E-state index in [0.29, 0.717) is 27.2 Å². The molecule has 0 spiro atoms. The van der Waals surface area contributed by atoms with Crippen molar-refractivity contribution in [3.63, 3.8) is 0 Å². The number of benzene rings is 2. The van der Waals surface area contributed by atoms with Gasteiger partial charge in [0.2, 0.25) is 5.13 Å². The molecule has 3 rings (SSSR count).